The minimum Gasteiger partial charge on any atom is -0.351 e. The molecule has 0 bridgehead atoms. The first-order valence-electron chi connectivity index (χ1n) is 7.92. The van der Waals surface area contributed by atoms with E-state index < -0.39 is 0 Å². The lowest BCUT2D eigenvalue weighted by atomic mass is 10.1. The van der Waals surface area contributed by atoms with Crippen molar-refractivity contribution in [3.05, 3.63) is 47.2 Å². The predicted molar refractivity (Wildman–Crippen MR) is 93.0 cm³/mol. The summed E-state index contributed by atoms with van der Waals surface area (Å²) in [6.45, 7) is 9.03. The minimum atomic E-state index is -0.184. The van der Waals surface area contributed by atoms with Gasteiger partial charge < -0.3 is 10.6 Å². The highest BCUT2D eigenvalue weighted by Crippen LogP contribution is 2.21. The molecular weight excluding hydrogens is 288 g/mol. The van der Waals surface area contributed by atoms with Gasteiger partial charge in [-0.15, -0.1) is 10.2 Å². The molecule has 1 amide bonds. The molecule has 5 heteroatoms. The molecular formula is C18H24N4O. The standard InChI is InChI=1S/C18H24N4O/c1-12(2)10-11-19-18(23)16-8-9-17(22-21-16)20-15-7-5-6-13(3)14(15)4/h5-9,12H,10-11H2,1-4H3,(H,19,23)(H,20,22). The van der Waals surface area contributed by atoms with Crippen LogP contribution < -0.4 is 10.6 Å². The molecule has 23 heavy (non-hydrogen) atoms. The second-order valence-electron chi connectivity index (χ2n) is 6.11. The summed E-state index contributed by atoms with van der Waals surface area (Å²) in [7, 11) is 0. The van der Waals surface area contributed by atoms with Crippen LogP contribution in [0.4, 0.5) is 11.5 Å². The highest BCUT2D eigenvalue weighted by Gasteiger charge is 2.08. The summed E-state index contributed by atoms with van der Waals surface area (Å²) in [5, 5.41) is 14.2. The quantitative estimate of drug-likeness (QED) is 0.855. The van der Waals surface area contributed by atoms with Gasteiger partial charge in [0.2, 0.25) is 0 Å². The van der Waals surface area contributed by atoms with E-state index in [1.165, 1.54) is 11.1 Å². The van der Waals surface area contributed by atoms with Crippen LogP contribution in [0.1, 0.15) is 41.9 Å². The zero-order chi connectivity index (χ0) is 16.8. The summed E-state index contributed by atoms with van der Waals surface area (Å²) in [5.74, 6) is 0.999. The fraction of sp³-hybridized carbons (Fsp3) is 0.389. The van der Waals surface area contributed by atoms with Gasteiger partial charge >= 0.3 is 0 Å². The Kier molecular flexibility index (Phi) is 5.68. The summed E-state index contributed by atoms with van der Waals surface area (Å²) < 4.78 is 0. The maximum Gasteiger partial charge on any atom is 0.271 e. The number of nitrogens with zero attached hydrogens (tertiary/aromatic N) is 2. The van der Waals surface area contributed by atoms with Crippen molar-refractivity contribution >= 4 is 17.4 Å². The lowest BCUT2D eigenvalue weighted by Gasteiger charge is -2.10. The van der Waals surface area contributed by atoms with E-state index in [2.05, 4.69) is 54.6 Å². The molecule has 2 rings (SSSR count). The van der Waals surface area contributed by atoms with E-state index in [9.17, 15) is 4.79 Å². The molecule has 1 aromatic heterocycles. The maximum atomic E-state index is 12.0. The van der Waals surface area contributed by atoms with Crippen LogP contribution in [0.2, 0.25) is 0 Å². The molecule has 0 aliphatic carbocycles. The summed E-state index contributed by atoms with van der Waals surface area (Å²) in [4.78, 5) is 12.0. The number of amides is 1. The number of hydrogen-bond donors (Lipinski definition) is 2. The Morgan fingerprint density at radius 1 is 1.13 bits per heavy atom. The summed E-state index contributed by atoms with van der Waals surface area (Å²) >= 11 is 0. The summed E-state index contributed by atoms with van der Waals surface area (Å²) in [6.07, 6.45) is 0.950. The van der Waals surface area contributed by atoms with Crippen molar-refractivity contribution in [1.29, 1.82) is 0 Å². The van der Waals surface area contributed by atoms with Crippen LogP contribution in [0.25, 0.3) is 0 Å². The number of carbonyl (C=O) groups is 1. The van der Waals surface area contributed by atoms with Crippen molar-refractivity contribution in [3.8, 4) is 0 Å². The van der Waals surface area contributed by atoms with Gasteiger partial charge in [-0.1, -0.05) is 26.0 Å². The van der Waals surface area contributed by atoms with Gasteiger partial charge in [0.05, 0.1) is 0 Å². The molecule has 0 unspecified atom stereocenters. The van der Waals surface area contributed by atoms with Crippen LogP contribution in [0.5, 0.6) is 0 Å². The van der Waals surface area contributed by atoms with E-state index in [0.29, 0.717) is 24.0 Å². The number of rotatable bonds is 6. The molecule has 2 N–H and O–H groups in total. The van der Waals surface area contributed by atoms with Crippen LogP contribution in [-0.4, -0.2) is 22.6 Å². The number of carbonyl (C=O) groups excluding carboxylic acids is 1. The Hall–Kier alpha value is -2.43. The molecule has 0 saturated heterocycles. The second kappa shape index (κ2) is 7.72. The molecule has 5 nitrogen and oxygen atoms in total. The van der Waals surface area contributed by atoms with Crippen molar-refractivity contribution in [3.63, 3.8) is 0 Å². The Morgan fingerprint density at radius 3 is 2.57 bits per heavy atom. The number of anilines is 2. The molecule has 0 spiro atoms. The molecule has 1 heterocycles. The molecule has 0 aliphatic rings. The molecule has 0 atom stereocenters. The third-order valence-corrected chi connectivity index (χ3v) is 3.77. The smallest absolute Gasteiger partial charge is 0.271 e. The Morgan fingerprint density at radius 2 is 1.91 bits per heavy atom. The zero-order valence-corrected chi connectivity index (χ0v) is 14.2. The molecule has 122 valence electrons. The predicted octanol–water partition coefficient (Wildman–Crippen LogP) is 3.61. The number of aromatic nitrogens is 2. The fourth-order valence-corrected chi connectivity index (χ4v) is 2.11. The van der Waals surface area contributed by atoms with Gasteiger partial charge in [-0.3, -0.25) is 4.79 Å². The van der Waals surface area contributed by atoms with Crippen molar-refractivity contribution in [2.75, 3.05) is 11.9 Å². The number of hydrogen-bond acceptors (Lipinski definition) is 4. The lowest BCUT2D eigenvalue weighted by molar-refractivity contribution is 0.0946. The van der Waals surface area contributed by atoms with Crippen LogP contribution in [0.3, 0.4) is 0 Å². The van der Waals surface area contributed by atoms with Gasteiger partial charge in [0.15, 0.2) is 11.5 Å². The average Bonchev–Trinajstić information content (AvgIpc) is 2.52. The van der Waals surface area contributed by atoms with Crippen LogP contribution in [0.15, 0.2) is 30.3 Å². The highest BCUT2D eigenvalue weighted by molar-refractivity contribution is 5.92. The van der Waals surface area contributed by atoms with Gasteiger partial charge in [0, 0.05) is 12.2 Å². The van der Waals surface area contributed by atoms with Gasteiger partial charge in [-0.2, -0.15) is 0 Å². The molecule has 2 aromatic rings. The van der Waals surface area contributed by atoms with Gasteiger partial charge in [-0.25, -0.2) is 0 Å². The van der Waals surface area contributed by atoms with Crippen LogP contribution in [0, 0.1) is 19.8 Å². The number of nitrogens with one attached hydrogen (secondary N) is 2. The number of aryl methyl sites for hydroxylation is 1. The lowest BCUT2D eigenvalue weighted by Crippen LogP contribution is -2.26. The first kappa shape index (κ1) is 16.9. The van der Waals surface area contributed by atoms with Crippen LogP contribution >= 0.6 is 0 Å². The summed E-state index contributed by atoms with van der Waals surface area (Å²) in [6, 6.07) is 9.51. The second-order valence-corrected chi connectivity index (χ2v) is 6.11. The normalized spacial score (nSPS) is 10.7. The van der Waals surface area contributed by atoms with Gasteiger partial charge in [0.25, 0.3) is 5.91 Å². The van der Waals surface area contributed by atoms with E-state index >= 15 is 0 Å². The first-order valence-corrected chi connectivity index (χ1v) is 7.92. The highest BCUT2D eigenvalue weighted by atomic mass is 16.1. The largest absolute Gasteiger partial charge is 0.351 e. The molecule has 0 fully saturated rings. The van der Waals surface area contributed by atoms with E-state index in [-0.39, 0.29) is 5.91 Å². The Labute approximate surface area is 137 Å². The Bertz CT molecular complexity index is 665. The SMILES string of the molecule is Cc1cccc(Nc2ccc(C(=O)NCCC(C)C)nn2)c1C. The maximum absolute atomic E-state index is 12.0. The Balaban J connectivity index is 1.99. The summed E-state index contributed by atoms with van der Waals surface area (Å²) in [5.41, 5.74) is 3.71. The molecule has 0 aliphatic heterocycles. The van der Waals surface area contributed by atoms with E-state index in [1.807, 2.05) is 12.1 Å². The van der Waals surface area contributed by atoms with Crippen molar-refractivity contribution in [2.24, 2.45) is 5.92 Å². The van der Waals surface area contributed by atoms with Gasteiger partial charge in [-0.05, 0) is 55.5 Å². The first-order chi connectivity index (χ1) is 11.0. The molecule has 1 aromatic carbocycles. The van der Waals surface area contributed by atoms with Crippen LogP contribution in [-0.2, 0) is 0 Å². The number of benzene rings is 1. The third-order valence-electron chi connectivity index (χ3n) is 3.77. The monoisotopic (exact) mass is 312 g/mol. The van der Waals surface area contributed by atoms with Gasteiger partial charge in [0.1, 0.15) is 0 Å². The third kappa shape index (κ3) is 4.77. The van der Waals surface area contributed by atoms with E-state index in [0.717, 1.165) is 12.1 Å². The van der Waals surface area contributed by atoms with Crippen molar-refractivity contribution < 1.29 is 4.79 Å². The van der Waals surface area contributed by atoms with E-state index in [4.69, 9.17) is 0 Å². The topological polar surface area (TPSA) is 66.9 Å². The molecule has 0 saturated carbocycles. The van der Waals surface area contributed by atoms with Crippen molar-refractivity contribution in [2.45, 2.75) is 34.1 Å². The zero-order valence-electron chi connectivity index (χ0n) is 14.2. The average molecular weight is 312 g/mol. The molecule has 0 radical (unpaired) electrons. The minimum absolute atomic E-state index is 0.184. The fourth-order valence-electron chi connectivity index (χ4n) is 2.11. The van der Waals surface area contributed by atoms with E-state index in [1.54, 1.807) is 12.1 Å². The van der Waals surface area contributed by atoms with Crippen molar-refractivity contribution in [1.82, 2.24) is 15.5 Å².